The third-order valence-corrected chi connectivity index (χ3v) is 13.5. The molecule has 4 aliphatic rings. The second kappa shape index (κ2) is 17.5. The van der Waals surface area contributed by atoms with Crippen LogP contribution in [0.1, 0.15) is 62.0 Å². The van der Waals surface area contributed by atoms with Gasteiger partial charge >= 0.3 is 0 Å². The minimum atomic E-state index is -0.895. The number of fused-ring (bicyclic) bond motifs is 2. The summed E-state index contributed by atoms with van der Waals surface area (Å²) in [7, 11) is 11.4. The quantitative estimate of drug-likeness (QED) is 0.188. The second-order valence-electron chi connectivity index (χ2n) is 17.9. The standard InChI is InChI=1S/C46H65N5O6/c1-28-37-23-33(46(37,3)4)24-38(28)47-44(54)42-41(29(2)53)40(27-52)57-51(42)25-32-17-14-18-35(43(32)56-10)31-19-20-36(39(22-31)49(7)8)45(55)50(9)34(26-48(5)6)21-30-15-12-11-13-16-30/h11-20,22,28-29,33-34,37-38,40-42,52-53H,21,23-27H2,1-10H3,(H,47,54)/t28-,29-,33+,34-,37-,38-,40-,41-,42-/m0/s1. The van der Waals surface area contributed by atoms with Gasteiger partial charge in [0.2, 0.25) is 5.91 Å². The number of hydrogen-bond acceptors (Lipinski definition) is 9. The van der Waals surface area contributed by atoms with E-state index in [1.807, 2.05) is 99.6 Å². The Morgan fingerprint density at radius 1 is 1.02 bits per heavy atom. The smallest absolute Gasteiger partial charge is 0.256 e. The van der Waals surface area contributed by atoms with Gasteiger partial charge in [0.1, 0.15) is 17.9 Å². The van der Waals surface area contributed by atoms with E-state index in [0.717, 1.165) is 41.8 Å². The first-order valence-corrected chi connectivity index (χ1v) is 20.5. The number of aliphatic hydroxyl groups is 2. The van der Waals surface area contributed by atoms with Gasteiger partial charge in [0, 0.05) is 62.5 Å². The molecule has 4 fully saturated rings. The molecule has 11 nitrogen and oxygen atoms in total. The minimum absolute atomic E-state index is 0.0391. The zero-order chi connectivity index (χ0) is 41.3. The molecule has 1 heterocycles. The number of carbonyl (C=O) groups is 2. The van der Waals surface area contributed by atoms with Crippen LogP contribution in [0.5, 0.6) is 5.75 Å². The second-order valence-corrected chi connectivity index (χ2v) is 17.9. The Bertz CT molecular complexity index is 1870. The van der Waals surface area contributed by atoms with Gasteiger partial charge in [0.05, 0.1) is 31.9 Å². The molecule has 9 atom stereocenters. The van der Waals surface area contributed by atoms with Crippen LogP contribution in [0.3, 0.4) is 0 Å². The van der Waals surface area contributed by atoms with Crippen molar-refractivity contribution in [1.82, 2.24) is 20.2 Å². The number of carbonyl (C=O) groups excluding carboxylic acids is 2. The SMILES string of the molecule is COc1c(CN2O[C@@H](CO)[C@H]([C@H](C)O)[C@H]2C(=O)N[C@H]2C[C@H]3C[C@@H]([C@@H]2C)C3(C)C)cccc1-c1ccc(C(=O)N(C)[C@@H](Cc2ccccc2)CN(C)C)c(N(C)C)c1. The fourth-order valence-corrected chi connectivity index (χ4v) is 10.1. The molecule has 3 aromatic rings. The van der Waals surface area contributed by atoms with Crippen molar-refractivity contribution < 1.29 is 29.4 Å². The van der Waals surface area contributed by atoms with Gasteiger partial charge in [-0.2, -0.15) is 5.06 Å². The summed E-state index contributed by atoms with van der Waals surface area (Å²) in [6.07, 6.45) is 1.23. The highest BCUT2D eigenvalue weighted by Crippen LogP contribution is 2.61. The van der Waals surface area contributed by atoms with Crippen molar-refractivity contribution in [3.8, 4) is 16.9 Å². The van der Waals surface area contributed by atoms with E-state index < -0.39 is 24.2 Å². The summed E-state index contributed by atoms with van der Waals surface area (Å²) < 4.78 is 6.10. The van der Waals surface area contributed by atoms with Crippen LogP contribution in [0, 0.1) is 29.1 Å². The maximum absolute atomic E-state index is 14.3. The molecule has 11 heteroatoms. The van der Waals surface area contributed by atoms with Crippen LogP contribution in [-0.4, -0.2) is 123 Å². The molecule has 0 unspecified atom stereocenters. The molecule has 1 aliphatic heterocycles. The molecule has 3 saturated carbocycles. The number of hydrogen-bond donors (Lipinski definition) is 3. The average Bonchev–Trinajstić information content (AvgIpc) is 3.56. The molecular formula is C46H65N5O6. The van der Waals surface area contributed by atoms with E-state index in [2.05, 4.69) is 43.1 Å². The van der Waals surface area contributed by atoms with Crippen molar-refractivity contribution in [3.05, 3.63) is 83.4 Å². The maximum Gasteiger partial charge on any atom is 0.256 e. The van der Waals surface area contributed by atoms with Gasteiger partial charge in [0.15, 0.2) is 0 Å². The molecule has 0 spiro atoms. The van der Waals surface area contributed by atoms with Crippen LogP contribution < -0.4 is 15.0 Å². The van der Waals surface area contributed by atoms with Gasteiger partial charge < -0.3 is 35.0 Å². The van der Waals surface area contributed by atoms with Gasteiger partial charge in [0.25, 0.3) is 5.91 Å². The number of hydroxylamine groups is 2. The van der Waals surface area contributed by atoms with Crippen molar-refractivity contribution in [2.45, 2.75) is 83.8 Å². The number of para-hydroxylation sites is 1. The summed E-state index contributed by atoms with van der Waals surface area (Å²) >= 11 is 0. The van der Waals surface area contributed by atoms with Gasteiger partial charge in [-0.05, 0) is 86.7 Å². The van der Waals surface area contributed by atoms with Crippen LogP contribution in [-0.2, 0) is 22.6 Å². The Balaban J connectivity index is 1.27. The Hall–Kier alpha value is -4.00. The average molecular weight is 784 g/mol. The van der Waals surface area contributed by atoms with Crippen LogP contribution in [0.15, 0.2) is 66.7 Å². The number of benzene rings is 3. The normalized spacial score (nSPS) is 26.4. The predicted molar refractivity (Wildman–Crippen MR) is 225 cm³/mol. The van der Waals surface area contributed by atoms with E-state index in [4.69, 9.17) is 9.57 Å². The van der Waals surface area contributed by atoms with Crippen molar-refractivity contribution in [3.63, 3.8) is 0 Å². The molecule has 57 heavy (non-hydrogen) atoms. The van der Waals surface area contributed by atoms with Crippen molar-refractivity contribution in [1.29, 1.82) is 0 Å². The lowest BCUT2D eigenvalue weighted by Gasteiger charge is -2.62. The lowest BCUT2D eigenvalue weighted by molar-refractivity contribution is -0.183. The number of likely N-dealkylation sites (N-methyl/N-ethyl adjacent to an activating group) is 2. The lowest BCUT2D eigenvalue weighted by Crippen LogP contribution is -2.62. The van der Waals surface area contributed by atoms with E-state index >= 15 is 0 Å². The van der Waals surface area contributed by atoms with E-state index in [-0.39, 0.29) is 42.5 Å². The summed E-state index contributed by atoms with van der Waals surface area (Å²) in [5.74, 6) is 1.19. The molecule has 7 rings (SSSR count). The number of aliphatic hydroxyl groups excluding tert-OH is 2. The molecule has 2 amide bonds. The number of amides is 2. The van der Waals surface area contributed by atoms with Gasteiger partial charge in [-0.15, -0.1) is 0 Å². The van der Waals surface area contributed by atoms with Crippen molar-refractivity contribution >= 4 is 17.5 Å². The van der Waals surface area contributed by atoms with Crippen LogP contribution in [0.2, 0.25) is 0 Å². The number of ether oxygens (including phenoxy) is 1. The molecule has 3 aromatic carbocycles. The molecular weight excluding hydrogens is 719 g/mol. The zero-order valence-corrected chi connectivity index (χ0v) is 35.6. The minimum Gasteiger partial charge on any atom is -0.496 e. The van der Waals surface area contributed by atoms with Crippen molar-refractivity contribution in [2.75, 3.05) is 60.4 Å². The molecule has 3 aliphatic carbocycles. The van der Waals surface area contributed by atoms with Crippen molar-refractivity contribution in [2.24, 2.45) is 29.1 Å². The van der Waals surface area contributed by atoms with Crippen LogP contribution >= 0.6 is 0 Å². The predicted octanol–water partition coefficient (Wildman–Crippen LogP) is 5.33. The zero-order valence-electron chi connectivity index (χ0n) is 35.6. The molecule has 310 valence electrons. The molecule has 0 aromatic heterocycles. The van der Waals surface area contributed by atoms with E-state index in [0.29, 0.717) is 29.1 Å². The first kappa shape index (κ1) is 42.6. The fraction of sp³-hybridized carbons (Fsp3) is 0.565. The number of anilines is 1. The monoisotopic (exact) mass is 783 g/mol. The van der Waals surface area contributed by atoms with Gasteiger partial charge in [-0.25, -0.2) is 0 Å². The summed E-state index contributed by atoms with van der Waals surface area (Å²) in [6.45, 7) is 9.15. The lowest BCUT2D eigenvalue weighted by atomic mass is 9.45. The molecule has 0 radical (unpaired) electrons. The number of nitrogens with one attached hydrogen (secondary N) is 1. The first-order valence-electron chi connectivity index (χ1n) is 20.5. The highest BCUT2D eigenvalue weighted by molar-refractivity contribution is 6.01. The summed E-state index contributed by atoms with van der Waals surface area (Å²) in [5.41, 5.74) is 5.31. The summed E-state index contributed by atoms with van der Waals surface area (Å²) in [6, 6.07) is 21.2. The van der Waals surface area contributed by atoms with Crippen LogP contribution in [0.4, 0.5) is 5.69 Å². The van der Waals surface area contributed by atoms with E-state index in [1.54, 1.807) is 19.1 Å². The summed E-state index contributed by atoms with van der Waals surface area (Å²) in [5, 5.41) is 26.3. The highest BCUT2D eigenvalue weighted by Gasteiger charge is 2.57. The third-order valence-electron chi connectivity index (χ3n) is 13.5. The Kier molecular flexibility index (Phi) is 13.1. The first-order chi connectivity index (χ1) is 27.1. The third kappa shape index (κ3) is 8.59. The molecule has 1 saturated heterocycles. The largest absolute Gasteiger partial charge is 0.496 e. The fourth-order valence-electron chi connectivity index (χ4n) is 10.1. The molecule has 2 bridgehead atoms. The molecule has 3 N–H and O–H groups in total. The van der Waals surface area contributed by atoms with E-state index in [1.165, 1.54) is 12.0 Å². The number of rotatable bonds is 15. The van der Waals surface area contributed by atoms with Gasteiger partial charge in [-0.3, -0.25) is 14.4 Å². The Morgan fingerprint density at radius 3 is 2.33 bits per heavy atom. The van der Waals surface area contributed by atoms with Gasteiger partial charge in [-0.1, -0.05) is 75.4 Å². The number of nitrogens with zero attached hydrogens (tertiary/aromatic N) is 4. The summed E-state index contributed by atoms with van der Waals surface area (Å²) in [4.78, 5) is 40.8. The topological polar surface area (TPSA) is 118 Å². The maximum atomic E-state index is 14.3. The number of methoxy groups -OCH3 is 1. The van der Waals surface area contributed by atoms with E-state index in [9.17, 15) is 19.8 Å². The van der Waals surface area contributed by atoms with Crippen LogP contribution in [0.25, 0.3) is 11.1 Å². The highest BCUT2D eigenvalue weighted by atomic mass is 16.7. The Morgan fingerprint density at radius 2 is 1.74 bits per heavy atom. The Labute approximate surface area is 339 Å².